The van der Waals surface area contributed by atoms with E-state index in [1.54, 1.807) is 12.1 Å². The number of hydrogen-bond acceptors (Lipinski definition) is 4. The first-order valence-electron chi connectivity index (χ1n) is 10.9. The molecule has 0 aliphatic carbocycles. The fraction of sp³-hybridized carbons (Fsp3) is 0.200. The Bertz CT molecular complexity index is 1490. The van der Waals surface area contributed by atoms with Crippen molar-refractivity contribution < 1.29 is 23.4 Å². The summed E-state index contributed by atoms with van der Waals surface area (Å²) in [7, 11) is 0. The van der Waals surface area contributed by atoms with Crippen LogP contribution >= 0.6 is 11.6 Å². The van der Waals surface area contributed by atoms with Crippen molar-refractivity contribution in [2.45, 2.75) is 6.54 Å². The highest BCUT2D eigenvalue weighted by Crippen LogP contribution is 2.28. The number of anilines is 1. The van der Waals surface area contributed by atoms with Crippen molar-refractivity contribution in [1.82, 2.24) is 9.13 Å². The largest absolute Gasteiger partial charge is 0.478 e. The molecule has 0 amide bonds. The summed E-state index contributed by atoms with van der Waals surface area (Å²) in [6.07, 6.45) is 0. The number of nitrogens with zero attached hydrogens (tertiary/aromatic N) is 3. The zero-order valence-corrected chi connectivity index (χ0v) is 19.1. The van der Waals surface area contributed by atoms with Crippen LogP contribution in [0.15, 0.2) is 59.4 Å². The number of imidazole rings is 1. The minimum Gasteiger partial charge on any atom is -0.478 e. The molecule has 3 aromatic carbocycles. The number of hydrogen-bond donors (Lipinski definition) is 1. The number of carboxylic acid groups (broad SMARTS) is 1. The van der Waals surface area contributed by atoms with Gasteiger partial charge in [-0.1, -0.05) is 11.6 Å². The van der Waals surface area contributed by atoms with Gasteiger partial charge in [0.2, 0.25) is 0 Å². The summed E-state index contributed by atoms with van der Waals surface area (Å²) in [4.78, 5) is 27.0. The third-order valence-corrected chi connectivity index (χ3v) is 6.38. The first kappa shape index (κ1) is 23.1. The second kappa shape index (κ2) is 9.16. The number of carbonyl (C=O) groups is 1. The van der Waals surface area contributed by atoms with E-state index in [2.05, 4.69) is 4.90 Å². The molecular weight excluding hydrogens is 480 g/mol. The number of morpholine rings is 1. The zero-order chi connectivity index (χ0) is 24.7. The highest BCUT2D eigenvalue weighted by molar-refractivity contribution is 6.31. The average Bonchev–Trinajstić information content (AvgIpc) is 3.15. The average molecular weight is 500 g/mol. The van der Waals surface area contributed by atoms with Crippen LogP contribution in [-0.2, 0) is 11.3 Å². The molecule has 0 saturated carbocycles. The molecule has 35 heavy (non-hydrogen) atoms. The van der Waals surface area contributed by atoms with Gasteiger partial charge in [0.05, 0.1) is 41.5 Å². The van der Waals surface area contributed by atoms with Crippen LogP contribution in [0.4, 0.5) is 14.5 Å². The summed E-state index contributed by atoms with van der Waals surface area (Å²) >= 11 is 6.03. The van der Waals surface area contributed by atoms with Crippen molar-refractivity contribution in [3.05, 3.63) is 92.9 Å². The van der Waals surface area contributed by atoms with Gasteiger partial charge in [-0.05, 0) is 54.6 Å². The van der Waals surface area contributed by atoms with Gasteiger partial charge in [0, 0.05) is 24.3 Å². The molecule has 1 saturated heterocycles. The predicted molar refractivity (Wildman–Crippen MR) is 128 cm³/mol. The van der Waals surface area contributed by atoms with Crippen LogP contribution < -0.4 is 10.6 Å². The number of carboxylic acids is 1. The number of benzene rings is 3. The molecule has 180 valence electrons. The molecule has 0 spiro atoms. The Morgan fingerprint density at radius 2 is 1.69 bits per heavy atom. The summed E-state index contributed by atoms with van der Waals surface area (Å²) < 4.78 is 37.5. The van der Waals surface area contributed by atoms with Gasteiger partial charge in [0.25, 0.3) is 0 Å². The van der Waals surface area contributed by atoms with Gasteiger partial charge in [-0.2, -0.15) is 0 Å². The highest BCUT2D eigenvalue weighted by Gasteiger charge is 2.22. The van der Waals surface area contributed by atoms with E-state index in [-0.39, 0.29) is 33.7 Å². The maximum Gasteiger partial charge on any atom is 0.335 e. The van der Waals surface area contributed by atoms with Gasteiger partial charge in [0.1, 0.15) is 11.3 Å². The van der Waals surface area contributed by atoms with Crippen molar-refractivity contribution in [3.8, 4) is 5.69 Å². The van der Waals surface area contributed by atoms with E-state index >= 15 is 4.39 Å². The van der Waals surface area contributed by atoms with Crippen LogP contribution in [0.1, 0.15) is 15.9 Å². The van der Waals surface area contributed by atoms with E-state index in [0.29, 0.717) is 18.9 Å². The molecule has 0 radical (unpaired) electrons. The maximum atomic E-state index is 15.2. The Hall–Kier alpha value is -3.69. The molecule has 0 bridgehead atoms. The Morgan fingerprint density at radius 1 is 1.00 bits per heavy atom. The van der Waals surface area contributed by atoms with Crippen LogP contribution in [0.25, 0.3) is 16.7 Å². The molecule has 1 aliphatic rings. The van der Waals surface area contributed by atoms with Crippen LogP contribution in [0.2, 0.25) is 5.02 Å². The van der Waals surface area contributed by atoms with E-state index < -0.39 is 23.3 Å². The summed E-state index contributed by atoms with van der Waals surface area (Å²) in [6.45, 7) is 2.44. The number of aromatic carboxylic acids is 1. The Kier molecular flexibility index (Phi) is 6.04. The van der Waals surface area contributed by atoms with Crippen LogP contribution in [0.3, 0.4) is 0 Å². The Morgan fingerprint density at radius 3 is 2.37 bits per heavy atom. The number of aromatic nitrogens is 2. The lowest BCUT2D eigenvalue weighted by molar-refractivity contribution is 0.0696. The van der Waals surface area contributed by atoms with Gasteiger partial charge >= 0.3 is 11.7 Å². The van der Waals surface area contributed by atoms with Crippen LogP contribution in [-0.4, -0.2) is 46.5 Å². The summed E-state index contributed by atoms with van der Waals surface area (Å²) in [5, 5.41) is 9.10. The fourth-order valence-corrected chi connectivity index (χ4v) is 4.46. The SMILES string of the molecule is O=C(O)c1ccc(F)c(Cn2c(=O)n(-c3ccc(N4CCOCC4)cc3)c3c(F)c(Cl)ccc32)c1. The standard InChI is InChI=1S/C25H20ClF2N3O4/c26-19-6-8-21-23(22(19)28)31(18-4-2-17(3-5-18)29-9-11-35-12-10-29)25(34)30(21)14-16-13-15(24(32)33)1-7-20(16)27/h1-8,13H,9-12,14H2,(H,32,33). The van der Waals surface area contributed by atoms with Crippen molar-refractivity contribution >= 4 is 34.3 Å². The van der Waals surface area contributed by atoms with Gasteiger partial charge < -0.3 is 14.7 Å². The third-order valence-electron chi connectivity index (χ3n) is 6.09. The first-order valence-corrected chi connectivity index (χ1v) is 11.3. The monoisotopic (exact) mass is 499 g/mol. The van der Waals surface area contributed by atoms with Gasteiger partial charge in [0.15, 0.2) is 5.82 Å². The van der Waals surface area contributed by atoms with Crippen molar-refractivity contribution in [2.24, 2.45) is 0 Å². The van der Waals surface area contributed by atoms with Crippen LogP contribution in [0, 0.1) is 11.6 Å². The quantitative estimate of drug-likeness (QED) is 0.443. The van der Waals surface area contributed by atoms with E-state index in [1.807, 2.05) is 12.1 Å². The highest BCUT2D eigenvalue weighted by atomic mass is 35.5. The van der Waals surface area contributed by atoms with Crippen molar-refractivity contribution in [3.63, 3.8) is 0 Å². The molecule has 1 aromatic heterocycles. The molecule has 1 aliphatic heterocycles. The lowest BCUT2D eigenvalue weighted by atomic mass is 10.1. The minimum absolute atomic E-state index is 0.0101. The van der Waals surface area contributed by atoms with Crippen molar-refractivity contribution in [1.29, 1.82) is 0 Å². The van der Waals surface area contributed by atoms with E-state index in [9.17, 15) is 19.1 Å². The molecule has 10 heteroatoms. The molecule has 0 atom stereocenters. The topological polar surface area (TPSA) is 76.7 Å². The molecular formula is C25H20ClF2N3O4. The second-order valence-corrected chi connectivity index (χ2v) is 8.57. The smallest absolute Gasteiger partial charge is 0.335 e. The number of fused-ring (bicyclic) bond motifs is 1. The molecule has 0 unspecified atom stereocenters. The number of rotatable bonds is 5. The summed E-state index contributed by atoms with van der Waals surface area (Å²) in [5.74, 6) is -2.68. The van der Waals surface area contributed by atoms with E-state index in [4.69, 9.17) is 16.3 Å². The lowest BCUT2D eigenvalue weighted by Crippen LogP contribution is -2.36. The second-order valence-electron chi connectivity index (χ2n) is 8.16. The van der Waals surface area contributed by atoms with Crippen molar-refractivity contribution in [2.75, 3.05) is 31.2 Å². The van der Waals surface area contributed by atoms with Gasteiger partial charge in [-0.15, -0.1) is 0 Å². The molecule has 4 aromatic rings. The molecule has 5 rings (SSSR count). The molecule has 1 fully saturated rings. The number of ether oxygens (including phenoxy) is 1. The fourth-order valence-electron chi connectivity index (χ4n) is 4.31. The minimum atomic E-state index is -1.22. The zero-order valence-electron chi connectivity index (χ0n) is 18.4. The van der Waals surface area contributed by atoms with Gasteiger partial charge in [-0.25, -0.2) is 18.4 Å². The summed E-state index contributed by atoms with van der Waals surface area (Å²) in [5.41, 5.74) is 0.776. The third kappa shape index (κ3) is 4.17. The maximum absolute atomic E-state index is 15.2. The Balaban J connectivity index is 1.64. The Labute approximate surface area is 203 Å². The first-order chi connectivity index (χ1) is 16.8. The van der Waals surface area contributed by atoms with E-state index in [0.717, 1.165) is 37.0 Å². The van der Waals surface area contributed by atoms with E-state index in [1.165, 1.54) is 21.3 Å². The molecule has 2 heterocycles. The lowest BCUT2D eigenvalue weighted by Gasteiger charge is -2.28. The normalized spacial score (nSPS) is 14.0. The van der Waals surface area contributed by atoms with Crippen LogP contribution in [0.5, 0.6) is 0 Å². The van der Waals surface area contributed by atoms with Gasteiger partial charge in [-0.3, -0.25) is 9.13 Å². The molecule has 7 nitrogen and oxygen atoms in total. The summed E-state index contributed by atoms with van der Waals surface area (Å²) in [6, 6.07) is 13.3. The molecule has 1 N–H and O–H groups in total. The number of halogens is 3. The predicted octanol–water partition coefficient (Wildman–Crippen LogP) is 4.31.